The molecule has 1 aromatic heterocycles. The third kappa shape index (κ3) is 2.54. The van der Waals surface area contributed by atoms with E-state index in [9.17, 15) is 9.59 Å². The molecular weight excluding hydrogens is 310 g/mol. The molecule has 1 aliphatic rings. The standard InChI is InChI=1S/C18H19NO5/c1-10-7-15-17(18(21)19(10)2)13(9-16(20)24-15)12-6-5-11(22-3)8-14(12)23-4/h5-8,13H,9H2,1-4H3. The van der Waals surface area contributed by atoms with Crippen molar-refractivity contribution in [2.24, 2.45) is 7.05 Å². The highest BCUT2D eigenvalue weighted by Gasteiger charge is 2.33. The van der Waals surface area contributed by atoms with Gasteiger partial charge in [0.05, 0.1) is 26.2 Å². The van der Waals surface area contributed by atoms with E-state index in [4.69, 9.17) is 14.2 Å². The van der Waals surface area contributed by atoms with E-state index in [1.165, 1.54) is 0 Å². The van der Waals surface area contributed by atoms with Gasteiger partial charge in [0, 0.05) is 36.4 Å². The molecule has 6 nitrogen and oxygen atoms in total. The maximum absolute atomic E-state index is 12.8. The third-order valence-corrected chi connectivity index (χ3v) is 4.43. The first-order valence-corrected chi connectivity index (χ1v) is 7.59. The lowest BCUT2D eigenvalue weighted by atomic mass is 9.86. The highest BCUT2D eigenvalue weighted by atomic mass is 16.5. The number of hydrogen-bond acceptors (Lipinski definition) is 5. The number of aromatic nitrogens is 1. The molecule has 1 aliphatic heterocycles. The summed E-state index contributed by atoms with van der Waals surface area (Å²) >= 11 is 0. The predicted molar refractivity (Wildman–Crippen MR) is 88.1 cm³/mol. The van der Waals surface area contributed by atoms with Crippen LogP contribution in [0.1, 0.15) is 29.2 Å². The van der Waals surface area contributed by atoms with Gasteiger partial charge in [-0.05, 0) is 13.0 Å². The Morgan fingerprint density at radius 1 is 1.17 bits per heavy atom. The van der Waals surface area contributed by atoms with Crippen molar-refractivity contribution in [1.82, 2.24) is 4.57 Å². The summed E-state index contributed by atoms with van der Waals surface area (Å²) < 4.78 is 17.5. The minimum atomic E-state index is -0.415. The minimum absolute atomic E-state index is 0.0913. The van der Waals surface area contributed by atoms with Crippen LogP contribution in [-0.2, 0) is 11.8 Å². The Bertz CT molecular complexity index is 868. The van der Waals surface area contributed by atoms with Crippen LogP contribution in [0.4, 0.5) is 0 Å². The molecule has 2 aromatic rings. The minimum Gasteiger partial charge on any atom is -0.497 e. The Hall–Kier alpha value is -2.76. The van der Waals surface area contributed by atoms with Crippen LogP contribution >= 0.6 is 0 Å². The maximum atomic E-state index is 12.8. The van der Waals surface area contributed by atoms with Crippen molar-refractivity contribution >= 4 is 5.97 Å². The Labute approximate surface area is 139 Å². The number of methoxy groups -OCH3 is 2. The van der Waals surface area contributed by atoms with Crippen LogP contribution in [0.2, 0.25) is 0 Å². The van der Waals surface area contributed by atoms with Gasteiger partial charge in [-0.3, -0.25) is 9.59 Å². The molecule has 3 rings (SSSR count). The molecule has 24 heavy (non-hydrogen) atoms. The summed E-state index contributed by atoms with van der Waals surface area (Å²) in [6, 6.07) is 7.07. The van der Waals surface area contributed by atoms with Crippen molar-refractivity contribution in [2.45, 2.75) is 19.3 Å². The topological polar surface area (TPSA) is 66.8 Å². The number of aryl methyl sites for hydroxylation is 1. The number of pyridine rings is 1. The zero-order valence-electron chi connectivity index (χ0n) is 14.1. The lowest BCUT2D eigenvalue weighted by Gasteiger charge is -2.26. The van der Waals surface area contributed by atoms with Crippen LogP contribution in [0.25, 0.3) is 0 Å². The Balaban J connectivity index is 2.23. The summed E-state index contributed by atoms with van der Waals surface area (Å²) in [7, 11) is 4.82. The van der Waals surface area contributed by atoms with Crippen molar-refractivity contribution in [2.75, 3.05) is 14.2 Å². The number of nitrogens with zero attached hydrogens (tertiary/aromatic N) is 1. The molecule has 0 aliphatic carbocycles. The van der Waals surface area contributed by atoms with Gasteiger partial charge in [0.2, 0.25) is 0 Å². The number of rotatable bonds is 3. The molecule has 126 valence electrons. The summed E-state index contributed by atoms with van der Waals surface area (Å²) in [6.07, 6.45) is 0.0913. The van der Waals surface area contributed by atoms with Crippen LogP contribution in [0.5, 0.6) is 17.2 Å². The smallest absolute Gasteiger partial charge is 0.312 e. The number of ether oxygens (including phenoxy) is 3. The van der Waals surface area contributed by atoms with E-state index in [2.05, 4.69) is 0 Å². The number of esters is 1. The van der Waals surface area contributed by atoms with E-state index < -0.39 is 5.92 Å². The van der Waals surface area contributed by atoms with E-state index in [1.54, 1.807) is 51.0 Å². The highest BCUT2D eigenvalue weighted by Crippen LogP contribution is 2.41. The second-order valence-corrected chi connectivity index (χ2v) is 5.77. The number of carbonyl (C=O) groups is 1. The number of hydrogen-bond donors (Lipinski definition) is 0. The second kappa shape index (κ2) is 6.03. The lowest BCUT2D eigenvalue weighted by molar-refractivity contribution is -0.135. The van der Waals surface area contributed by atoms with Gasteiger partial charge in [0.25, 0.3) is 5.56 Å². The molecule has 0 N–H and O–H groups in total. The van der Waals surface area contributed by atoms with Gasteiger partial charge in [-0.1, -0.05) is 6.07 Å². The van der Waals surface area contributed by atoms with Crippen LogP contribution in [0.15, 0.2) is 29.1 Å². The first kappa shape index (κ1) is 16.1. The van der Waals surface area contributed by atoms with E-state index in [1.807, 2.05) is 6.07 Å². The summed E-state index contributed by atoms with van der Waals surface area (Å²) in [6.45, 7) is 1.80. The summed E-state index contributed by atoms with van der Waals surface area (Å²) in [5.74, 6) is 0.766. The van der Waals surface area contributed by atoms with Gasteiger partial charge >= 0.3 is 5.97 Å². The summed E-state index contributed by atoms with van der Waals surface area (Å²) in [5.41, 5.74) is 1.80. The average Bonchev–Trinajstić information content (AvgIpc) is 2.58. The van der Waals surface area contributed by atoms with E-state index >= 15 is 0 Å². The first-order valence-electron chi connectivity index (χ1n) is 7.59. The van der Waals surface area contributed by atoms with Crippen molar-refractivity contribution in [3.05, 3.63) is 51.4 Å². The molecule has 0 saturated carbocycles. The average molecular weight is 329 g/mol. The van der Waals surface area contributed by atoms with Gasteiger partial charge in [0.15, 0.2) is 0 Å². The molecule has 1 aromatic carbocycles. The third-order valence-electron chi connectivity index (χ3n) is 4.43. The van der Waals surface area contributed by atoms with Crippen LogP contribution in [0, 0.1) is 6.92 Å². The van der Waals surface area contributed by atoms with E-state index in [-0.39, 0.29) is 17.9 Å². The van der Waals surface area contributed by atoms with Crippen molar-refractivity contribution in [1.29, 1.82) is 0 Å². The molecule has 0 bridgehead atoms. The fourth-order valence-electron chi connectivity index (χ4n) is 3.02. The first-order chi connectivity index (χ1) is 11.5. The van der Waals surface area contributed by atoms with Crippen molar-refractivity contribution in [3.63, 3.8) is 0 Å². The fraction of sp³-hybridized carbons (Fsp3) is 0.333. The largest absolute Gasteiger partial charge is 0.497 e. The maximum Gasteiger partial charge on any atom is 0.312 e. The molecule has 0 spiro atoms. The van der Waals surface area contributed by atoms with Gasteiger partial charge in [-0.25, -0.2) is 0 Å². The van der Waals surface area contributed by atoms with Crippen molar-refractivity contribution < 1.29 is 19.0 Å². The Morgan fingerprint density at radius 3 is 2.58 bits per heavy atom. The molecule has 6 heteroatoms. The molecule has 0 amide bonds. The lowest BCUT2D eigenvalue weighted by Crippen LogP contribution is -2.32. The van der Waals surface area contributed by atoms with Crippen LogP contribution < -0.4 is 19.8 Å². The predicted octanol–water partition coefficient (Wildman–Crippen LogP) is 2.15. The van der Waals surface area contributed by atoms with E-state index in [0.29, 0.717) is 22.8 Å². The quantitative estimate of drug-likeness (QED) is 0.807. The molecule has 1 atom stereocenters. The fourth-order valence-corrected chi connectivity index (χ4v) is 3.02. The molecule has 2 heterocycles. The molecule has 0 radical (unpaired) electrons. The summed E-state index contributed by atoms with van der Waals surface area (Å²) in [4.78, 5) is 24.8. The summed E-state index contributed by atoms with van der Waals surface area (Å²) in [5, 5.41) is 0. The molecule has 0 fully saturated rings. The molecular formula is C18H19NO5. The van der Waals surface area contributed by atoms with E-state index in [0.717, 1.165) is 11.3 Å². The Morgan fingerprint density at radius 2 is 1.92 bits per heavy atom. The van der Waals surface area contributed by atoms with Gasteiger partial charge < -0.3 is 18.8 Å². The SMILES string of the molecule is COc1ccc(C2CC(=O)Oc3cc(C)n(C)c(=O)c32)c(OC)c1. The number of fused-ring (bicyclic) bond motifs is 1. The van der Waals surface area contributed by atoms with Gasteiger partial charge in [0.1, 0.15) is 17.2 Å². The molecule has 0 saturated heterocycles. The number of carbonyl (C=O) groups excluding carboxylic acids is 1. The normalized spacial score (nSPS) is 16.3. The number of benzene rings is 1. The zero-order chi connectivity index (χ0) is 17.4. The van der Waals surface area contributed by atoms with Gasteiger partial charge in [-0.2, -0.15) is 0 Å². The molecule has 1 unspecified atom stereocenters. The zero-order valence-corrected chi connectivity index (χ0v) is 14.1. The van der Waals surface area contributed by atoms with Crippen LogP contribution in [0.3, 0.4) is 0 Å². The van der Waals surface area contributed by atoms with Crippen LogP contribution in [-0.4, -0.2) is 24.8 Å². The second-order valence-electron chi connectivity index (χ2n) is 5.77. The highest BCUT2D eigenvalue weighted by molar-refractivity contribution is 5.78. The Kier molecular flexibility index (Phi) is 4.05. The monoisotopic (exact) mass is 329 g/mol. The van der Waals surface area contributed by atoms with Gasteiger partial charge in [-0.15, -0.1) is 0 Å². The van der Waals surface area contributed by atoms with Crippen molar-refractivity contribution in [3.8, 4) is 17.2 Å².